The lowest BCUT2D eigenvalue weighted by atomic mass is 10.4. The van der Waals surface area contributed by atoms with E-state index in [-0.39, 0.29) is 10.9 Å². The maximum atomic E-state index is 12.6. The van der Waals surface area contributed by atoms with Crippen LogP contribution in [0, 0.1) is 0 Å². The quantitative estimate of drug-likeness (QED) is 0.869. The van der Waals surface area contributed by atoms with Gasteiger partial charge in [0.1, 0.15) is 0 Å². The molecular weight excluding hydrogens is 358 g/mol. The van der Waals surface area contributed by atoms with Crippen molar-refractivity contribution >= 4 is 32.0 Å². The Morgan fingerprint density at radius 2 is 1.86 bits per heavy atom. The van der Waals surface area contributed by atoms with E-state index in [1.807, 2.05) is 6.92 Å². The van der Waals surface area contributed by atoms with E-state index in [4.69, 9.17) is 0 Å². The molecule has 1 aliphatic rings. The number of piperazine rings is 1. The van der Waals surface area contributed by atoms with Gasteiger partial charge >= 0.3 is 6.03 Å². The SMILES string of the molecule is CCNC(=O)N1CCN(S(=O)(=O)c2ccccc2Br)CC1. The number of amides is 2. The minimum absolute atomic E-state index is 0.143. The summed E-state index contributed by atoms with van der Waals surface area (Å²) in [4.78, 5) is 13.6. The summed E-state index contributed by atoms with van der Waals surface area (Å²) in [5, 5.41) is 2.72. The number of benzene rings is 1. The number of nitrogens with one attached hydrogen (secondary N) is 1. The summed E-state index contributed by atoms with van der Waals surface area (Å²) in [6.07, 6.45) is 0. The maximum absolute atomic E-state index is 12.6. The third-order valence-corrected chi connectivity index (χ3v) is 6.22. The van der Waals surface area contributed by atoms with E-state index in [1.54, 1.807) is 29.2 Å². The zero-order chi connectivity index (χ0) is 15.5. The Hall–Kier alpha value is -1.12. The van der Waals surface area contributed by atoms with Crippen LogP contribution in [-0.4, -0.2) is 56.4 Å². The lowest BCUT2D eigenvalue weighted by Crippen LogP contribution is -2.53. The lowest BCUT2D eigenvalue weighted by Gasteiger charge is -2.34. The first kappa shape index (κ1) is 16.3. The molecule has 1 heterocycles. The number of urea groups is 1. The van der Waals surface area contributed by atoms with E-state index in [9.17, 15) is 13.2 Å². The highest BCUT2D eigenvalue weighted by Gasteiger charge is 2.30. The van der Waals surface area contributed by atoms with Crippen molar-refractivity contribution in [2.75, 3.05) is 32.7 Å². The van der Waals surface area contributed by atoms with Crippen LogP contribution in [0.25, 0.3) is 0 Å². The summed E-state index contributed by atoms with van der Waals surface area (Å²) in [5.41, 5.74) is 0. The molecule has 1 aliphatic heterocycles. The highest BCUT2D eigenvalue weighted by molar-refractivity contribution is 9.10. The normalized spacial score (nSPS) is 16.8. The van der Waals surface area contributed by atoms with Gasteiger partial charge in [0.2, 0.25) is 10.0 Å². The molecule has 116 valence electrons. The highest BCUT2D eigenvalue weighted by atomic mass is 79.9. The van der Waals surface area contributed by atoms with Crippen LogP contribution >= 0.6 is 15.9 Å². The first-order valence-electron chi connectivity index (χ1n) is 6.74. The molecule has 6 nitrogen and oxygen atoms in total. The van der Waals surface area contributed by atoms with E-state index in [1.165, 1.54) is 4.31 Å². The number of sulfonamides is 1. The average Bonchev–Trinajstić information content (AvgIpc) is 2.48. The molecule has 1 N–H and O–H groups in total. The molecule has 1 fully saturated rings. The topological polar surface area (TPSA) is 69.7 Å². The Morgan fingerprint density at radius 3 is 2.43 bits per heavy atom. The first-order chi connectivity index (χ1) is 9.96. The molecule has 0 bridgehead atoms. The molecule has 1 saturated heterocycles. The highest BCUT2D eigenvalue weighted by Crippen LogP contribution is 2.25. The molecule has 0 spiro atoms. The molecule has 0 aromatic heterocycles. The molecule has 0 aliphatic carbocycles. The number of carbonyl (C=O) groups excluding carboxylic acids is 1. The van der Waals surface area contributed by atoms with Crippen LogP contribution in [-0.2, 0) is 10.0 Å². The van der Waals surface area contributed by atoms with Crippen molar-refractivity contribution in [2.24, 2.45) is 0 Å². The molecule has 8 heteroatoms. The molecule has 2 amide bonds. The summed E-state index contributed by atoms with van der Waals surface area (Å²) in [7, 11) is -3.53. The summed E-state index contributed by atoms with van der Waals surface area (Å²) >= 11 is 3.27. The van der Waals surface area contributed by atoms with Crippen LogP contribution < -0.4 is 5.32 Å². The largest absolute Gasteiger partial charge is 0.338 e. The van der Waals surface area contributed by atoms with E-state index in [0.29, 0.717) is 37.2 Å². The molecule has 0 radical (unpaired) electrons. The fourth-order valence-corrected chi connectivity index (χ4v) is 4.57. The fraction of sp³-hybridized carbons (Fsp3) is 0.462. The second kappa shape index (κ2) is 6.76. The Kier molecular flexibility index (Phi) is 5.23. The Labute approximate surface area is 133 Å². The van der Waals surface area contributed by atoms with Gasteiger partial charge in [-0.15, -0.1) is 0 Å². The van der Waals surface area contributed by atoms with Crippen molar-refractivity contribution in [1.29, 1.82) is 0 Å². The Balaban J connectivity index is 2.08. The van der Waals surface area contributed by atoms with Crippen molar-refractivity contribution in [2.45, 2.75) is 11.8 Å². The van der Waals surface area contributed by atoms with Crippen molar-refractivity contribution in [3.8, 4) is 0 Å². The summed E-state index contributed by atoms with van der Waals surface area (Å²) in [6, 6.07) is 6.61. The van der Waals surface area contributed by atoms with Gasteiger partial charge in [0.15, 0.2) is 0 Å². The van der Waals surface area contributed by atoms with Gasteiger partial charge in [0.25, 0.3) is 0 Å². The third kappa shape index (κ3) is 3.56. The summed E-state index contributed by atoms with van der Waals surface area (Å²) < 4.78 is 27.1. The number of rotatable bonds is 3. The maximum Gasteiger partial charge on any atom is 0.317 e. The van der Waals surface area contributed by atoms with Crippen LogP contribution in [0.2, 0.25) is 0 Å². The minimum atomic E-state index is -3.53. The predicted octanol–water partition coefficient (Wildman–Crippen LogP) is 1.48. The van der Waals surface area contributed by atoms with Crippen LogP contribution in [0.4, 0.5) is 4.79 Å². The standard InChI is InChI=1S/C13H18BrN3O3S/c1-2-15-13(18)16-7-9-17(10-8-16)21(19,20)12-6-4-3-5-11(12)14/h3-6H,2,7-10H2,1H3,(H,15,18). The zero-order valence-corrected chi connectivity index (χ0v) is 14.2. The van der Waals surface area contributed by atoms with Gasteiger partial charge in [-0.1, -0.05) is 12.1 Å². The van der Waals surface area contributed by atoms with Gasteiger partial charge in [0.05, 0.1) is 4.90 Å². The van der Waals surface area contributed by atoms with E-state index < -0.39 is 10.0 Å². The van der Waals surface area contributed by atoms with Gasteiger partial charge < -0.3 is 10.2 Å². The van der Waals surface area contributed by atoms with E-state index in [0.717, 1.165) is 0 Å². The van der Waals surface area contributed by atoms with Gasteiger partial charge in [0, 0.05) is 37.2 Å². The van der Waals surface area contributed by atoms with Gasteiger partial charge in [-0.05, 0) is 35.0 Å². The number of nitrogens with zero attached hydrogens (tertiary/aromatic N) is 2. The molecular formula is C13H18BrN3O3S. The van der Waals surface area contributed by atoms with Crippen molar-refractivity contribution in [3.05, 3.63) is 28.7 Å². The third-order valence-electron chi connectivity index (χ3n) is 3.31. The predicted molar refractivity (Wildman–Crippen MR) is 83.5 cm³/mol. The molecule has 0 atom stereocenters. The number of hydrogen-bond acceptors (Lipinski definition) is 3. The van der Waals surface area contributed by atoms with Crippen LogP contribution in [0.1, 0.15) is 6.92 Å². The molecule has 0 saturated carbocycles. The molecule has 1 aromatic carbocycles. The summed E-state index contributed by atoms with van der Waals surface area (Å²) in [5.74, 6) is 0. The van der Waals surface area contributed by atoms with Gasteiger partial charge in [-0.3, -0.25) is 0 Å². The van der Waals surface area contributed by atoms with Crippen LogP contribution in [0.5, 0.6) is 0 Å². The van der Waals surface area contributed by atoms with Crippen molar-refractivity contribution in [3.63, 3.8) is 0 Å². The van der Waals surface area contributed by atoms with Gasteiger partial charge in [-0.25, -0.2) is 13.2 Å². The lowest BCUT2D eigenvalue weighted by molar-refractivity contribution is 0.173. The monoisotopic (exact) mass is 375 g/mol. The second-order valence-corrected chi connectivity index (χ2v) is 7.42. The molecule has 1 aromatic rings. The molecule has 2 rings (SSSR count). The van der Waals surface area contributed by atoms with Gasteiger partial charge in [-0.2, -0.15) is 4.31 Å². The van der Waals surface area contributed by atoms with Crippen molar-refractivity contribution in [1.82, 2.24) is 14.5 Å². The van der Waals surface area contributed by atoms with E-state index in [2.05, 4.69) is 21.2 Å². The zero-order valence-electron chi connectivity index (χ0n) is 11.8. The first-order valence-corrected chi connectivity index (χ1v) is 8.97. The Morgan fingerprint density at radius 1 is 1.24 bits per heavy atom. The second-order valence-electron chi connectivity index (χ2n) is 4.66. The smallest absolute Gasteiger partial charge is 0.317 e. The number of carbonyl (C=O) groups is 1. The minimum Gasteiger partial charge on any atom is -0.338 e. The number of halogens is 1. The molecule has 21 heavy (non-hydrogen) atoms. The average molecular weight is 376 g/mol. The Bertz CT molecular complexity index is 613. The van der Waals surface area contributed by atoms with E-state index >= 15 is 0 Å². The summed E-state index contributed by atoms with van der Waals surface area (Å²) in [6.45, 7) is 3.83. The molecule has 0 unspecified atom stereocenters. The number of hydrogen-bond donors (Lipinski definition) is 1. The van der Waals surface area contributed by atoms with Crippen molar-refractivity contribution < 1.29 is 13.2 Å². The fourth-order valence-electron chi connectivity index (χ4n) is 2.19. The van der Waals surface area contributed by atoms with Crippen LogP contribution in [0.15, 0.2) is 33.6 Å². The van der Waals surface area contributed by atoms with Crippen LogP contribution in [0.3, 0.4) is 0 Å².